The van der Waals surface area contributed by atoms with Crippen molar-refractivity contribution < 1.29 is 9.53 Å². The van der Waals surface area contributed by atoms with Gasteiger partial charge in [-0.15, -0.1) is 0 Å². The second kappa shape index (κ2) is 6.83. The molecule has 1 fully saturated rings. The highest BCUT2D eigenvalue weighted by Crippen LogP contribution is 2.44. The van der Waals surface area contributed by atoms with Crippen molar-refractivity contribution in [1.29, 1.82) is 0 Å². The Hall–Kier alpha value is -1.04. The average molecular weight is 353 g/mol. The molecule has 1 aliphatic carbocycles. The third kappa shape index (κ3) is 3.02. The molecule has 1 aromatic carbocycles. The third-order valence-corrected chi connectivity index (χ3v) is 5.51. The number of fused-ring (bicyclic) bond motifs is 2. The van der Waals surface area contributed by atoms with Gasteiger partial charge in [0.1, 0.15) is 0 Å². The van der Waals surface area contributed by atoms with Crippen molar-refractivity contribution >= 4 is 35.0 Å². The molecule has 2 aliphatic rings. The maximum atomic E-state index is 12.9. The van der Waals surface area contributed by atoms with Crippen LogP contribution in [0.3, 0.4) is 0 Å². The van der Waals surface area contributed by atoms with E-state index in [-0.39, 0.29) is 11.8 Å². The molecular formula is C17H21ClN2O2S. The van der Waals surface area contributed by atoms with Gasteiger partial charge in [-0.25, -0.2) is 4.99 Å². The molecule has 1 heterocycles. The van der Waals surface area contributed by atoms with Crippen molar-refractivity contribution in [3.05, 3.63) is 34.9 Å². The first-order valence-corrected chi connectivity index (χ1v) is 9.66. The fourth-order valence-corrected chi connectivity index (χ4v) is 4.09. The lowest BCUT2D eigenvalue weighted by molar-refractivity contribution is -0.137. The molecule has 124 valence electrons. The zero-order chi connectivity index (χ0) is 16.4. The largest absolute Gasteiger partial charge is 0.468 e. The van der Waals surface area contributed by atoms with Crippen molar-refractivity contribution in [1.82, 2.24) is 0 Å². The summed E-state index contributed by atoms with van der Waals surface area (Å²) in [6.07, 6.45) is 4.64. The van der Waals surface area contributed by atoms with Crippen molar-refractivity contribution in [2.24, 2.45) is 10.7 Å². The summed E-state index contributed by atoms with van der Waals surface area (Å²) in [4.78, 5) is 17.7. The number of hydrogen-bond donors (Lipinski definition) is 1. The van der Waals surface area contributed by atoms with Gasteiger partial charge in [0.2, 0.25) is 11.7 Å². The Kier molecular flexibility index (Phi) is 4.99. The van der Waals surface area contributed by atoms with E-state index < -0.39 is 11.6 Å². The number of carbonyl (C=O) groups is 1. The van der Waals surface area contributed by atoms with E-state index in [1.54, 1.807) is 17.8 Å². The summed E-state index contributed by atoms with van der Waals surface area (Å²) >= 11 is 8.11. The minimum absolute atomic E-state index is 0.0117. The molecule has 2 bridgehead atoms. The van der Waals surface area contributed by atoms with Crippen LogP contribution in [0.15, 0.2) is 29.3 Å². The summed E-state index contributed by atoms with van der Waals surface area (Å²) in [5.74, 6) is 1.45. The van der Waals surface area contributed by atoms with Gasteiger partial charge in [0, 0.05) is 10.6 Å². The first-order chi connectivity index (χ1) is 11.1. The van der Waals surface area contributed by atoms with E-state index >= 15 is 0 Å². The molecule has 1 saturated carbocycles. The molecule has 0 saturated heterocycles. The highest BCUT2D eigenvalue weighted by atomic mass is 35.5. The van der Waals surface area contributed by atoms with E-state index in [1.807, 2.05) is 24.5 Å². The normalized spacial score (nSPS) is 28.0. The number of carbonyl (C=O) groups excluding carboxylic acids is 1. The molecule has 0 amide bonds. The number of nitrogens with zero attached hydrogens (tertiary/aromatic N) is 1. The molecule has 0 radical (unpaired) electrons. The predicted octanol–water partition coefficient (Wildman–Crippen LogP) is 3.17. The van der Waals surface area contributed by atoms with E-state index in [9.17, 15) is 4.79 Å². The van der Waals surface area contributed by atoms with E-state index in [2.05, 4.69) is 0 Å². The van der Waals surface area contributed by atoms with Crippen LogP contribution in [0, 0.1) is 0 Å². The Morgan fingerprint density at radius 1 is 1.52 bits per heavy atom. The highest BCUT2D eigenvalue weighted by molar-refractivity contribution is 7.98. The second-order valence-corrected chi connectivity index (χ2v) is 7.43. The molecule has 0 spiro atoms. The summed E-state index contributed by atoms with van der Waals surface area (Å²) in [7, 11) is 0. The number of rotatable bonds is 5. The summed E-state index contributed by atoms with van der Waals surface area (Å²) in [5, 5.41) is 0.573. The van der Waals surface area contributed by atoms with Gasteiger partial charge in [0.25, 0.3) is 0 Å². The number of benzene rings is 1. The van der Waals surface area contributed by atoms with Crippen molar-refractivity contribution in [2.75, 3.05) is 12.0 Å². The Labute approximate surface area is 145 Å². The number of hydrogen-bond acceptors (Lipinski definition) is 5. The number of nitrogens with two attached hydrogens (primary N) is 1. The Bertz CT molecular complexity index is 637. The van der Waals surface area contributed by atoms with Gasteiger partial charge in [-0.3, -0.25) is 4.79 Å². The maximum absolute atomic E-state index is 12.9. The molecule has 6 heteroatoms. The molecule has 4 nitrogen and oxygen atoms in total. The lowest BCUT2D eigenvalue weighted by Crippen LogP contribution is -2.54. The van der Waals surface area contributed by atoms with Crippen LogP contribution in [0.4, 0.5) is 0 Å². The summed E-state index contributed by atoms with van der Waals surface area (Å²) in [5.41, 5.74) is 6.09. The van der Waals surface area contributed by atoms with E-state index in [0.29, 0.717) is 17.3 Å². The van der Waals surface area contributed by atoms with Gasteiger partial charge in [-0.2, -0.15) is 11.8 Å². The van der Waals surface area contributed by atoms with E-state index in [1.165, 1.54) is 0 Å². The van der Waals surface area contributed by atoms with Crippen molar-refractivity contribution in [3.63, 3.8) is 0 Å². The standard InChI is InChI=1S/C17H21ClN2O2S/c1-23-10-8-13(19)16-20-17(11-5-2-3-6-12(11)18)9-4-7-14(22-16)15(17)21/h2-3,5-6,13-14H,4,7-10,19H2,1H3/t13?,14-,17-/m1/s1. The zero-order valence-electron chi connectivity index (χ0n) is 13.1. The van der Waals surface area contributed by atoms with Crippen molar-refractivity contribution in [3.8, 4) is 0 Å². The van der Waals surface area contributed by atoms with Crippen LogP contribution in [0.1, 0.15) is 31.2 Å². The SMILES string of the molecule is CSCCC(N)C1=N[C@@]2(c3ccccc3Cl)CCC[C@@H](O1)C2=O. The Balaban J connectivity index is 2.04. The smallest absolute Gasteiger partial charge is 0.205 e. The Morgan fingerprint density at radius 3 is 3.04 bits per heavy atom. The number of ether oxygens (including phenoxy) is 1. The van der Waals surface area contributed by atoms with Crippen molar-refractivity contribution in [2.45, 2.75) is 43.4 Å². The van der Waals surface area contributed by atoms with Crippen LogP contribution in [-0.2, 0) is 15.1 Å². The monoisotopic (exact) mass is 352 g/mol. The average Bonchev–Trinajstić information content (AvgIpc) is 2.53. The van der Waals surface area contributed by atoms with Crippen LogP contribution in [0.25, 0.3) is 0 Å². The molecule has 1 aromatic rings. The minimum atomic E-state index is -0.925. The molecule has 0 aromatic heterocycles. The number of Topliss-reactive ketones (excluding diaryl/α,β-unsaturated/α-hetero) is 1. The molecule has 1 unspecified atom stereocenters. The van der Waals surface area contributed by atoms with E-state index in [4.69, 9.17) is 27.1 Å². The van der Waals surface area contributed by atoms with Crippen LogP contribution in [0.5, 0.6) is 0 Å². The van der Waals surface area contributed by atoms with Crippen LogP contribution in [-0.4, -0.2) is 35.8 Å². The predicted molar refractivity (Wildman–Crippen MR) is 95.3 cm³/mol. The van der Waals surface area contributed by atoms with Gasteiger partial charge in [-0.1, -0.05) is 29.8 Å². The fourth-order valence-electron chi connectivity index (χ4n) is 3.31. The molecule has 2 N–H and O–H groups in total. The fraction of sp³-hybridized carbons (Fsp3) is 0.529. The zero-order valence-corrected chi connectivity index (χ0v) is 14.7. The first-order valence-electron chi connectivity index (χ1n) is 7.89. The van der Waals surface area contributed by atoms with Crippen LogP contribution >= 0.6 is 23.4 Å². The molecular weight excluding hydrogens is 332 g/mol. The van der Waals surface area contributed by atoms with Gasteiger partial charge < -0.3 is 10.5 Å². The van der Waals surface area contributed by atoms with Crippen LogP contribution < -0.4 is 5.73 Å². The van der Waals surface area contributed by atoms with E-state index in [0.717, 1.165) is 30.6 Å². The number of ketones is 1. The number of halogens is 1. The Morgan fingerprint density at radius 2 is 2.30 bits per heavy atom. The van der Waals surface area contributed by atoms with Gasteiger partial charge in [0.15, 0.2) is 11.6 Å². The molecule has 23 heavy (non-hydrogen) atoms. The second-order valence-electron chi connectivity index (χ2n) is 6.04. The third-order valence-electron chi connectivity index (χ3n) is 4.54. The summed E-state index contributed by atoms with van der Waals surface area (Å²) in [6, 6.07) is 7.17. The first kappa shape index (κ1) is 16.8. The van der Waals surface area contributed by atoms with Gasteiger partial charge in [0.05, 0.1) is 6.04 Å². The molecule has 3 rings (SSSR count). The van der Waals surface area contributed by atoms with Gasteiger partial charge in [-0.05, 0) is 43.8 Å². The van der Waals surface area contributed by atoms with Crippen LogP contribution in [0.2, 0.25) is 5.02 Å². The molecule has 1 aliphatic heterocycles. The summed E-state index contributed by atoms with van der Waals surface area (Å²) < 4.78 is 5.84. The summed E-state index contributed by atoms with van der Waals surface area (Å²) in [6.45, 7) is 0. The molecule has 3 atom stereocenters. The van der Waals surface area contributed by atoms with Gasteiger partial charge >= 0.3 is 0 Å². The maximum Gasteiger partial charge on any atom is 0.205 e. The number of thioether (sulfide) groups is 1. The lowest BCUT2D eigenvalue weighted by atomic mass is 9.73. The quantitative estimate of drug-likeness (QED) is 0.884. The highest BCUT2D eigenvalue weighted by Gasteiger charge is 2.52. The topological polar surface area (TPSA) is 64.7 Å². The lowest BCUT2D eigenvalue weighted by Gasteiger charge is -2.42. The minimum Gasteiger partial charge on any atom is -0.468 e. The number of aliphatic imine (C=N–C) groups is 1.